The molecule has 0 radical (unpaired) electrons. The molecule has 1 saturated carbocycles. The third-order valence-electron chi connectivity index (χ3n) is 7.05. The molecule has 0 amide bonds. The summed E-state index contributed by atoms with van der Waals surface area (Å²) in [6.07, 6.45) is 24.4. The Hall–Kier alpha value is -0.850. The number of pyridine rings is 1. The van der Waals surface area contributed by atoms with E-state index in [9.17, 15) is 0 Å². The summed E-state index contributed by atoms with van der Waals surface area (Å²) in [6, 6.07) is 4.70. The summed E-state index contributed by atoms with van der Waals surface area (Å²) < 4.78 is 0. The summed E-state index contributed by atoms with van der Waals surface area (Å²) in [5, 5.41) is 0. The normalized spacial score (nSPS) is 21.0. The third kappa shape index (κ3) is 9.10. The first-order chi connectivity index (χ1) is 13.7. The SMILES string of the molecule is CCCCCCC[C@H]1CC[C@H](c2ccc(CC[C@@H](C)CCCCC)cn2)CC1. The molecule has 0 spiro atoms. The van der Waals surface area contributed by atoms with Gasteiger partial charge in [-0.2, -0.15) is 0 Å². The van der Waals surface area contributed by atoms with Crippen molar-refractivity contribution in [3.8, 4) is 0 Å². The Morgan fingerprint density at radius 3 is 2.25 bits per heavy atom. The molecule has 0 N–H and O–H groups in total. The Balaban J connectivity index is 1.64. The molecule has 1 nitrogen and oxygen atoms in total. The first-order valence-corrected chi connectivity index (χ1v) is 12.7. The first kappa shape index (κ1) is 23.4. The highest BCUT2D eigenvalue weighted by atomic mass is 14.7. The molecule has 1 aromatic heterocycles. The van der Waals surface area contributed by atoms with Crippen LogP contribution in [-0.2, 0) is 6.42 Å². The lowest BCUT2D eigenvalue weighted by atomic mass is 9.78. The van der Waals surface area contributed by atoms with Crippen LogP contribution in [0.5, 0.6) is 0 Å². The highest BCUT2D eigenvalue weighted by Gasteiger charge is 2.22. The Morgan fingerprint density at radius 2 is 1.57 bits per heavy atom. The van der Waals surface area contributed by atoms with Gasteiger partial charge >= 0.3 is 0 Å². The zero-order valence-electron chi connectivity index (χ0n) is 19.2. The largest absolute Gasteiger partial charge is 0.261 e. The fraction of sp³-hybridized carbons (Fsp3) is 0.815. The van der Waals surface area contributed by atoms with Gasteiger partial charge in [-0.1, -0.05) is 91.0 Å². The monoisotopic (exact) mass is 385 g/mol. The zero-order chi connectivity index (χ0) is 20.0. The fourth-order valence-corrected chi connectivity index (χ4v) is 4.91. The lowest BCUT2D eigenvalue weighted by Gasteiger charge is -2.28. The van der Waals surface area contributed by atoms with Gasteiger partial charge in [-0.15, -0.1) is 0 Å². The maximum absolute atomic E-state index is 4.88. The van der Waals surface area contributed by atoms with E-state index < -0.39 is 0 Å². The first-order valence-electron chi connectivity index (χ1n) is 12.7. The minimum absolute atomic E-state index is 0.721. The molecule has 1 fully saturated rings. The lowest BCUT2D eigenvalue weighted by molar-refractivity contribution is 0.299. The Bertz CT molecular complexity index is 483. The van der Waals surface area contributed by atoms with Crippen LogP contribution in [0.25, 0.3) is 0 Å². The van der Waals surface area contributed by atoms with Gasteiger partial charge in [0.2, 0.25) is 0 Å². The van der Waals surface area contributed by atoms with Crippen molar-refractivity contribution in [1.29, 1.82) is 0 Å². The van der Waals surface area contributed by atoms with Crippen LogP contribution in [0.1, 0.15) is 134 Å². The van der Waals surface area contributed by atoms with E-state index in [1.807, 2.05) is 0 Å². The van der Waals surface area contributed by atoms with Gasteiger partial charge in [0.1, 0.15) is 0 Å². The molecular weight excluding hydrogens is 338 g/mol. The molecule has 0 aromatic carbocycles. The summed E-state index contributed by atoms with van der Waals surface area (Å²) in [5.41, 5.74) is 2.80. The lowest BCUT2D eigenvalue weighted by Crippen LogP contribution is -2.14. The maximum Gasteiger partial charge on any atom is 0.0434 e. The highest BCUT2D eigenvalue weighted by Crippen LogP contribution is 2.37. The van der Waals surface area contributed by atoms with Gasteiger partial charge in [0, 0.05) is 17.8 Å². The third-order valence-corrected chi connectivity index (χ3v) is 7.05. The van der Waals surface area contributed by atoms with Crippen molar-refractivity contribution in [3.05, 3.63) is 29.6 Å². The fourth-order valence-electron chi connectivity index (χ4n) is 4.91. The van der Waals surface area contributed by atoms with E-state index in [2.05, 4.69) is 39.1 Å². The maximum atomic E-state index is 4.88. The van der Waals surface area contributed by atoms with Crippen molar-refractivity contribution in [1.82, 2.24) is 4.98 Å². The van der Waals surface area contributed by atoms with Crippen LogP contribution in [0.2, 0.25) is 0 Å². The highest BCUT2D eigenvalue weighted by molar-refractivity contribution is 5.17. The second-order valence-electron chi connectivity index (χ2n) is 9.65. The van der Waals surface area contributed by atoms with Crippen LogP contribution in [-0.4, -0.2) is 4.98 Å². The quantitative estimate of drug-likeness (QED) is 0.291. The van der Waals surface area contributed by atoms with Crippen LogP contribution in [0.15, 0.2) is 18.3 Å². The van der Waals surface area contributed by atoms with E-state index >= 15 is 0 Å². The van der Waals surface area contributed by atoms with E-state index in [1.54, 1.807) is 0 Å². The van der Waals surface area contributed by atoms with Crippen molar-refractivity contribution < 1.29 is 0 Å². The predicted octanol–water partition coefficient (Wildman–Crippen LogP) is 8.86. The van der Waals surface area contributed by atoms with Crippen LogP contribution >= 0.6 is 0 Å². The summed E-state index contributed by atoms with van der Waals surface area (Å²) in [4.78, 5) is 4.88. The molecule has 0 unspecified atom stereocenters. The van der Waals surface area contributed by atoms with Gasteiger partial charge in [0.15, 0.2) is 0 Å². The molecule has 28 heavy (non-hydrogen) atoms. The smallest absolute Gasteiger partial charge is 0.0434 e. The Labute approximate surface area is 176 Å². The molecular formula is C27H47N. The van der Waals surface area contributed by atoms with Crippen LogP contribution in [0.4, 0.5) is 0 Å². The van der Waals surface area contributed by atoms with E-state index in [1.165, 1.54) is 114 Å². The molecule has 1 aliphatic rings. The number of hydrogen-bond donors (Lipinski definition) is 0. The number of rotatable bonds is 14. The molecule has 1 aliphatic carbocycles. The second kappa shape index (κ2) is 14.2. The van der Waals surface area contributed by atoms with Gasteiger partial charge in [-0.3, -0.25) is 4.98 Å². The Morgan fingerprint density at radius 1 is 0.857 bits per heavy atom. The minimum Gasteiger partial charge on any atom is -0.261 e. The molecule has 2 rings (SSSR count). The van der Waals surface area contributed by atoms with Crippen LogP contribution in [0.3, 0.4) is 0 Å². The van der Waals surface area contributed by atoms with E-state index in [0.29, 0.717) is 0 Å². The molecule has 0 aliphatic heterocycles. The Kier molecular flexibility index (Phi) is 11.9. The molecule has 1 heteroatoms. The van der Waals surface area contributed by atoms with Crippen molar-refractivity contribution in [3.63, 3.8) is 0 Å². The minimum atomic E-state index is 0.721. The van der Waals surface area contributed by atoms with Crippen molar-refractivity contribution in [2.75, 3.05) is 0 Å². The van der Waals surface area contributed by atoms with Gasteiger partial charge in [-0.25, -0.2) is 0 Å². The topological polar surface area (TPSA) is 12.9 Å². The van der Waals surface area contributed by atoms with Crippen LogP contribution < -0.4 is 0 Å². The van der Waals surface area contributed by atoms with E-state index in [-0.39, 0.29) is 0 Å². The van der Waals surface area contributed by atoms with E-state index in [0.717, 1.165) is 17.8 Å². The number of hydrogen-bond acceptors (Lipinski definition) is 1. The standard InChI is InChI=1S/C27H47N/c1-4-6-8-9-11-13-24-16-19-26(20-17-24)27-21-18-25(22-28-27)15-14-23(3)12-10-7-5-2/h18,21-24,26H,4-17,19-20H2,1-3H3/t23-,24-,26-/m0/s1. The summed E-state index contributed by atoms with van der Waals surface area (Å²) in [5.74, 6) is 2.56. The molecule has 160 valence electrons. The van der Waals surface area contributed by atoms with E-state index in [4.69, 9.17) is 4.98 Å². The molecule has 1 atom stereocenters. The number of unbranched alkanes of at least 4 members (excludes halogenated alkanes) is 6. The summed E-state index contributed by atoms with van der Waals surface area (Å²) in [6.45, 7) is 7.01. The number of nitrogens with zero attached hydrogens (tertiary/aromatic N) is 1. The molecule has 1 aromatic rings. The number of aryl methyl sites for hydroxylation is 1. The molecule has 0 saturated heterocycles. The van der Waals surface area contributed by atoms with Gasteiger partial charge in [0.25, 0.3) is 0 Å². The summed E-state index contributed by atoms with van der Waals surface area (Å²) in [7, 11) is 0. The van der Waals surface area contributed by atoms with Crippen molar-refractivity contribution in [2.24, 2.45) is 11.8 Å². The van der Waals surface area contributed by atoms with Gasteiger partial charge in [0.05, 0.1) is 0 Å². The second-order valence-corrected chi connectivity index (χ2v) is 9.65. The van der Waals surface area contributed by atoms with Crippen molar-refractivity contribution >= 4 is 0 Å². The van der Waals surface area contributed by atoms with Gasteiger partial charge < -0.3 is 0 Å². The average molecular weight is 386 g/mol. The van der Waals surface area contributed by atoms with Gasteiger partial charge in [-0.05, 0) is 62.0 Å². The summed E-state index contributed by atoms with van der Waals surface area (Å²) >= 11 is 0. The predicted molar refractivity (Wildman–Crippen MR) is 124 cm³/mol. The zero-order valence-corrected chi connectivity index (χ0v) is 19.2. The van der Waals surface area contributed by atoms with Crippen molar-refractivity contribution in [2.45, 2.75) is 129 Å². The molecule has 0 bridgehead atoms. The number of aromatic nitrogens is 1. The average Bonchev–Trinajstić information content (AvgIpc) is 2.73. The van der Waals surface area contributed by atoms with Crippen LogP contribution in [0, 0.1) is 11.8 Å². The molecule has 1 heterocycles.